The van der Waals surface area contributed by atoms with Gasteiger partial charge in [0.2, 0.25) is 0 Å². The summed E-state index contributed by atoms with van der Waals surface area (Å²) in [7, 11) is 0. The minimum absolute atomic E-state index is 0.0527. The quantitative estimate of drug-likeness (QED) is 0.210. The summed E-state index contributed by atoms with van der Waals surface area (Å²) in [6.45, 7) is 5.27. The van der Waals surface area contributed by atoms with E-state index >= 15 is 0 Å². The van der Waals surface area contributed by atoms with Crippen LogP contribution in [-0.4, -0.2) is 57.9 Å². The van der Waals surface area contributed by atoms with Gasteiger partial charge in [-0.2, -0.15) is 0 Å². The van der Waals surface area contributed by atoms with Crippen LogP contribution in [0.2, 0.25) is 0 Å². The average molecular weight is 543 g/mol. The highest BCUT2D eigenvalue weighted by molar-refractivity contribution is 7.97. The van der Waals surface area contributed by atoms with E-state index in [2.05, 4.69) is 15.6 Å². The third kappa shape index (κ3) is 9.19. The normalized spacial score (nSPS) is 12.3. The van der Waals surface area contributed by atoms with Crippen LogP contribution in [0.25, 0.3) is 11.3 Å². The van der Waals surface area contributed by atoms with Crippen LogP contribution in [0.3, 0.4) is 0 Å². The van der Waals surface area contributed by atoms with Crippen molar-refractivity contribution in [2.45, 2.75) is 32.4 Å². The lowest BCUT2D eigenvalue weighted by Crippen LogP contribution is -2.46. The highest BCUT2D eigenvalue weighted by Gasteiger charge is 2.23. The third-order valence-corrected chi connectivity index (χ3v) is 6.13. The van der Waals surface area contributed by atoms with E-state index in [1.807, 2.05) is 42.0 Å². The summed E-state index contributed by atoms with van der Waals surface area (Å²) in [5.74, 6) is -1.37. The zero-order chi connectivity index (χ0) is 26.8. The van der Waals surface area contributed by atoms with Crippen LogP contribution in [0.5, 0.6) is 0 Å². The van der Waals surface area contributed by atoms with E-state index in [4.69, 9.17) is 9.47 Å². The van der Waals surface area contributed by atoms with Gasteiger partial charge in [0.05, 0.1) is 24.5 Å². The summed E-state index contributed by atoms with van der Waals surface area (Å²) in [4.78, 5) is 42.1. The van der Waals surface area contributed by atoms with Crippen molar-refractivity contribution in [2.24, 2.45) is 0 Å². The van der Waals surface area contributed by atoms with E-state index in [0.29, 0.717) is 10.7 Å². The van der Waals surface area contributed by atoms with E-state index in [-0.39, 0.29) is 13.2 Å². The zero-order valence-corrected chi connectivity index (χ0v) is 22.7. The van der Waals surface area contributed by atoms with Gasteiger partial charge in [0.25, 0.3) is 11.8 Å². The lowest BCUT2D eigenvalue weighted by molar-refractivity contribution is -0.148. The second-order valence-electron chi connectivity index (χ2n) is 8.84. The average Bonchev–Trinajstić information content (AvgIpc) is 3.52. The molecule has 11 heteroatoms. The number of aromatic nitrogens is 2. The summed E-state index contributed by atoms with van der Waals surface area (Å²) in [5, 5.41) is 7.74. The summed E-state index contributed by atoms with van der Waals surface area (Å²) in [6, 6.07) is 10.3. The van der Waals surface area contributed by atoms with Crippen molar-refractivity contribution in [3.63, 3.8) is 0 Å². The van der Waals surface area contributed by atoms with Crippen LogP contribution in [0.1, 0.15) is 31.1 Å². The maximum atomic E-state index is 13.1. The number of hydrogen-bond donors (Lipinski definition) is 2. The van der Waals surface area contributed by atoms with E-state index in [1.54, 1.807) is 43.2 Å². The van der Waals surface area contributed by atoms with Crippen LogP contribution in [0.15, 0.2) is 66.3 Å². The summed E-state index contributed by atoms with van der Waals surface area (Å²) in [5.41, 5.74) is 1.49. The number of thiazole rings is 1. The second-order valence-corrected chi connectivity index (χ2v) is 10.5. The Balaban J connectivity index is 1.64. The Morgan fingerprint density at radius 1 is 1.19 bits per heavy atom. The molecule has 0 radical (unpaired) electrons. The zero-order valence-electron chi connectivity index (χ0n) is 21.1. The van der Waals surface area contributed by atoms with Gasteiger partial charge in [-0.15, -0.1) is 11.3 Å². The number of nitrogens with one attached hydrogen (secondary N) is 2. The molecule has 3 rings (SSSR count). The Morgan fingerprint density at radius 3 is 2.62 bits per heavy atom. The Bertz CT molecular complexity index is 1230. The molecule has 0 saturated carbocycles. The summed E-state index contributed by atoms with van der Waals surface area (Å²) in [6.07, 6.45) is 8.08. The monoisotopic (exact) mass is 542 g/mol. The lowest BCUT2D eigenvalue weighted by atomic mass is 10.2. The molecular formula is C26H30N4O5S2. The molecule has 1 aromatic carbocycles. The molecule has 2 aromatic heterocycles. The molecule has 0 fully saturated rings. The largest absolute Gasteiger partial charge is 0.457 e. The number of carbonyl (C=O) groups excluding carboxylic acids is 3. The molecule has 2 N–H and O–H groups in total. The third-order valence-electron chi connectivity index (χ3n) is 4.73. The van der Waals surface area contributed by atoms with Crippen molar-refractivity contribution in [1.82, 2.24) is 14.3 Å². The molecule has 0 aliphatic carbocycles. The predicted molar refractivity (Wildman–Crippen MR) is 147 cm³/mol. The first-order chi connectivity index (χ1) is 17.6. The van der Waals surface area contributed by atoms with Gasteiger partial charge in [-0.1, -0.05) is 36.4 Å². The Hall–Kier alpha value is -3.41. The number of esters is 1. The molecule has 2 amide bonds. The lowest BCUT2D eigenvalue weighted by Gasteiger charge is -2.18. The second kappa shape index (κ2) is 13.2. The number of nitrogens with zero attached hydrogens (tertiary/aromatic N) is 2. The van der Waals surface area contributed by atoms with Crippen LogP contribution < -0.4 is 10.6 Å². The molecule has 1 unspecified atom stereocenters. The van der Waals surface area contributed by atoms with Crippen molar-refractivity contribution in [3.8, 4) is 11.3 Å². The van der Waals surface area contributed by atoms with Gasteiger partial charge in [-0.25, -0.2) is 9.78 Å². The molecule has 2 heterocycles. The van der Waals surface area contributed by atoms with Crippen LogP contribution >= 0.6 is 23.3 Å². The van der Waals surface area contributed by atoms with Crippen LogP contribution in [-0.2, 0) is 19.1 Å². The molecular weight excluding hydrogens is 512 g/mol. The maximum Gasteiger partial charge on any atom is 0.331 e. The highest BCUT2D eigenvalue weighted by Crippen LogP contribution is 2.24. The van der Waals surface area contributed by atoms with E-state index in [1.165, 1.54) is 35.4 Å². The Labute approximate surface area is 224 Å². The molecule has 9 nitrogen and oxygen atoms in total. The molecule has 196 valence electrons. The van der Waals surface area contributed by atoms with Crippen molar-refractivity contribution >= 4 is 46.2 Å². The Kier molecular flexibility index (Phi) is 10.1. The van der Waals surface area contributed by atoms with Gasteiger partial charge in [-0.05, 0) is 38.8 Å². The van der Waals surface area contributed by atoms with E-state index in [9.17, 15) is 14.4 Å². The maximum absolute atomic E-state index is 13.1. The van der Waals surface area contributed by atoms with Crippen molar-refractivity contribution in [2.75, 3.05) is 24.8 Å². The SMILES string of the molecule is CSn1ccc(C(=O)NC(COC/C=C/C(=O)OC(C)(C)C)C(=O)Nc2nc(-c3ccccc3)cs2)c1. The minimum atomic E-state index is -0.996. The molecule has 1 atom stereocenters. The minimum Gasteiger partial charge on any atom is -0.457 e. The summed E-state index contributed by atoms with van der Waals surface area (Å²) < 4.78 is 12.6. The molecule has 0 aliphatic heterocycles. The highest BCUT2D eigenvalue weighted by atomic mass is 32.2. The van der Waals surface area contributed by atoms with Gasteiger partial charge in [-0.3, -0.25) is 13.6 Å². The molecule has 3 aromatic rings. The first-order valence-corrected chi connectivity index (χ1v) is 13.5. The smallest absolute Gasteiger partial charge is 0.331 e. The molecule has 0 bridgehead atoms. The fraction of sp³-hybridized carbons (Fsp3) is 0.308. The van der Waals surface area contributed by atoms with Gasteiger partial charge < -0.3 is 20.1 Å². The van der Waals surface area contributed by atoms with Crippen molar-refractivity contribution in [3.05, 3.63) is 71.9 Å². The fourth-order valence-electron chi connectivity index (χ4n) is 3.05. The first kappa shape index (κ1) is 28.2. The number of amides is 2. The van der Waals surface area contributed by atoms with Gasteiger partial charge >= 0.3 is 5.97 Å². The van der Waals surface area contributed by atoms with Crippen LogP contribution in [0, 0.1) is 0 Å². The Morgan fingerprint density at radius 2 is 1.95 bits per heavy atom. The summed E-state index contributed by atoms with van der Waals surface area (Å²) >= 11 is 2.73. The number of carbonyl (C=O) groups is 3. The number of benzene rings is 1. The van der Waals surface area contributed by atoms with Gasteiger partial charge in [0, 0.05) is 35.7 Å². The van der Waals surface area contributed by atoms with Gasteiger partial charge in [0.1, 0.15) is 11.6 Å². The van der Waals surface area contributed by atoms with Crippen molar-refractivity contribution < 1.29 is 23.9 Å². The topological polar surface area (TPSA) is 112 Å². The number of hydrogen-bond acceptors (Lipinski definition) is 8. The number of rotatable bonds is 11. The number of anilines is 1. The van der Waals surface area contributed by atoms with Gasteiger partial charge in [0.15, 0.2) is 5.13 Å². The first-order valence-electron chi connectivity index (χ1n) is 11.5. The van der Waals surface area contributed by atoms with Crippen molar-refractivity contribution in [1.29, 1.82) is 0 Å². The molecule has 0 aliphatic rings. The fourth-order valence-corrected chi connectivity index (χ4v) is 4.17. The molecule has 37 heavy (non-hydrogen) atoms. The number of ether oxygens (including phenoxy) is 2. The van der Waals surface area contributed by atoms with E-state index in [0.717, 1.165) is 11.3 Å². The predicted octanol–water partition coefficient (Wildman–Crippen LogP) is 4.39. The van der Waals surface area contributed by atoms with Crippen LogP contribution in [0.4, 0.5) is 5.13 Å². The standard InChI is InChI=1S/C26H30N4O5S2/c1-26(2,3)35-22(31)11-8-14-34-16-20(27-23(32)19-12-13-30(15-19)36-4)24(33)29-25-28-21(17-37-25)18-9-6-5-7-10-18/h5-13,15,17,20H,14,16H2,1-4H3,(H,27,32)(H,28,29,33)/b11-8+. The van der Waals surface area contributed by atoms with E-state index < -0.39 is 29.4 Å². The molecule has 0 saturated heterocycles. The molecule has 0 spiro atoms.